The molecule has 0 radical (unpaired) electrons. The van der Waals surface area contributed by atoms with E-state index in [1.54, 1.807) is 6.07 Å². The van der Waals surface area contributed by atoms with Gasteiger partial charge in [0.05, 0.1) is 5.69 Å². The first kappa shape index (κ1) is 16.9. The average Bonchev–Trinajstić information content (AvgIpc) is 2.33. The normalized spacial score (nSPS) is 9.90. The molecule has 0 saturated heterocycles. The van der Waals surface area contributed by atoms with E-state index >= 15 is 0 Å². The van der Waals surface area contributed by atoms with Gasteiger partial charge in [-0.05, 0) is 76.7 Å². The lowest BCUT2D eigenvalue weighted by Gasteiger charge is -2.01. The second-order valence-electron chi connectivity index (χ2n) is 4.52. The topological polar surface area (TPSA) is 71.8 Å². The molecular formula is C14H17Br2N3O. The molecule has 0 aliphatic carbocycles. The van der Waals surface area contributed by atoms with Gasteiger partial charge in [0.2, 0.25) is 5.56 Å². The molecule has 0 amide bonds. The zero-order valence-electron chi connectivity index (χ0n) is 11.8. The molecule has 0 aliphatic rings. The lowest BCUT2D eigenvalue weighted by atomic mass is 10.2. The molecule has 2 rings (SSSR count). The Hall–Kier alpha value is -1.14. The summed E-state index contributed by atoms with van der Waals surface area (Å²) in [6.07, 6.45) is 0. The zero-order chi connectivity index (χ0) is 15.4. The van der Waals surface area contributed by atoms with Gasteiger partial charge >= 0.3 is 0 Å². The minimum Gasteiger partial charge on any atom is -0.384 e. The number of rotatable bonds is 0. The molecule has 0 bridgehead atoms. The molecule has 0 atom stereocenters. The van der Waals surface area contributed by atoms with Crippen LogP contribution in [0.5, 0.6) is 0 Å². The summed E-state index contributed by atoms with van der Waals surface area (Å²) < 4.78 is 2.02. The highest BCUT2D eigenvalue weighted by atomic mass is 79.9. The van der Waals surface area contributed by atoms with Gasteiger partial charge in [-0.15, -0.1) is 0 Å². The van der Waals surface area contributed by atoms with Crippen LogP contribution in [0.3, 0.4) is 0 Å². The zero-order valence-corrected chi connectivity index (χ0v) is 15.0. The molecule has 0 aliphatic heterocycles. The summed E-state index contributed by atoms with van der Waals surface area (Å²) in [7, 11) is 0. The number of aromatic amines is 1. The third-order valence-corrected chi connectivity index (χ3v) is 5.08. The van der Waals surface area contributed by atoms with Crippen molar-refractivity contribution in [1.82, 2.24) is 9.97 Å². The summed E-state index contributed by atoms with van der Waals surface area (Å²) in [5.41, 5.74) is 9.38. The molecule has 108 valence electrons. The van der Waals surface area contributed by atoms with E-state index in [4.69, 9.17) is 5.73 Å². The van der Waals surface area contributed by atoms with Gasteiger partial charge in [-0.1, -0.05) is 0 Å². The Bertz CT molecular complexity index is 631. The van der Waals surface area contributed by atoms with Crippen LogP contribution in [0.15, 0.2) is 25.9 Å². The van der Waals surface area contributed by atoms with Gasteiger partial charge in [-0.2, -0.15) is 0 Å². The third kappa shape index (κ3) is 4.45. The number of nitrogen functional groups attached to an aromatic ring is 1. The van der Waals surface area contributed by atoms with E-state index in [-0.39, 0.29) is 5.56 Å². The lowest BCUT2D eigenvalue weighted by Crippen LogP contribution is -2.06. The number of hydrogen-bond donors (Lipinski definition) is 2. The van der Waals surface area contributed by atoms with Crippen LogP contribution in [0.25, 0.3) is 0 Å². The number of aromatic nitrogens is 2. The molecular weight excluding hydrogens is 386 g/mol. The largest absolute Gasteiger partial charge is 0.384 e. The lowest BCUT2D eigenvalue weighted by molar-refractivity contribution is 1.10. The Morgan fingerprint density at radius 3 is 2.10 bits per heavy atom. The standard InChI is InChI=1S/C7H9BrN2.C7H8BrNO/c1-4-3-6(9)10-5(2)7(4)8;1-4-3-6(10)9-5(2)7(4)8/h3H,1-2H3,(H2,9,10);3H,1-2H3,(H,9,10). The molecule has 0 unspecified atom stereocenters. The molecule has 2 heterocycles. The minimum absolute atomic E-state index is 0.0433. The summed E-state index contributed by atoms with van der Waals surface area (Å²) in [5.74, 6) is 0.582. The van der Waals surface area contributed by atoms with Crippen LogP contribution in [-0.4, -0.2) is 9.97 Å². The second kappa shape index (κ2) is 7.04. The number of nitrogens with zero attached hydrogens (tertiary/aromatic N) is 1. The number of nitrogens with one attached hydrogen (secondary N) is 1. The van der Waals surface area contributed by atoms with Crippen molar-refractivity contribution in [3.8, 4) is 0 Å². The predicted molar refractivity (Wildman–Crippen MR) is 90.1 cm³/mol. The van der Waals surface area contributed by atoms with Crippen molar-refractivity contribution in [2.24, 2.45) is 0 Å². The Balaban J connectivity index is 0.000000200. The second-order valence-corrected chi connectivity index (χ2v) is 6.10. The van der Waals surface area contributed by atoms with Crippen molar-refractivity contribution in [2.75, 3.05) is 5.73 Å². The molecule has 0 aromatic carbocycles. The van der Waals surface area contributed by atoms with Crippen molar-refractivity contribution in [3.05, 3.63) is 53.9 Å². The molecule has 2 aromatic heterocycles. The number of hydrogen-bond acceptors (Lipinski definition) is 3. The highest BCUT2D eigenvalue weighted by Gasteiger charge is 2.00. The van der Waals surface area contributed by atoms with E-state index in [0.29, 0.717) is 5.82 Å². The van der Waals surface area contributed by atoms with Crippen molar-refractivity contribution in [2.45, 2.75) is 27.7 Å². The van der Waals surface area contributed by atoms with Gasteiger partial charge in [0.1, 0.15) is 5.82 Å². The van der Waals surface area contributed by atoms with Gasteiger partial charge in [-0.25, -0.2) is 4.98 Å². The summed E-state index contributed by atoms with van der Waals surface area (Å²) in [5, 5.41) is 0. The fourth-order valence-electron chi connectivity index (χ4n) is 1.68. The van der Waals surface area contributed by atoms with Crippen LogP contribution in [0, 0.1) is 27.7 Å². The molecule has 6 heteroatoms. The summed E-state index contributed by atoms with van der Waals surface area (Å²) >= 11 is 6.74. The summed E-state index contributed by atoms with van der Waals surface area (Å²) in [6.45, 7) is 7.67. The SMILES string of the molecule is Cc1cc(=O)[nH]c(C)c1Br.Cc1cc(N)nc(C)c1Br. The Kier molecular flexibility index (Phi) is 5.95. The monoisotopic (exact) mass is 401 g/mol. The maximum absolute atomic E-state index is 10.8. The van der Waals surface area contributed by atoms with Crippen molar-refractivity contribution >= 4 is 37.7 Å². The van der Waals surface area contributed by atoms with Crippen molar-refractivity contribution in [1.29, 1.82) is 0 Å². The smallest absolute Gasteiger partial charge is 0.248 e. The predicted octanol–water partition coefficient (Wildman–Crippen LogP) is 3.80. The molecule has 4 nitrogen and oxygen atoms in total. The fraction of sp³-hybridized carbons (Fsp3) is 0.286. The number of halogens is 2. The number of pyridine rings is 2. The van der Waals surface area contributed by atoms with E-state index in [9.17, 15) is 4.79 Å². The molecule has 0 saturated carbocycles. The quantitative estimate of drug-likeness (QED) is 0.703. The van der Waals surface area contributed by atoms with Gasteiger partial charge < -0.3 is 10.7 Å². The van der Waals surface area contributed by atoms with E-state index in [1.807, 2.05) is 33.8 Å². The summed E-state index contributed by atoms with van der Waals surface area (Å²) in [4.78, 5) is 17.5. The van der Waals surface area contributed by atoms with Crippen LogP contribution >= 0.6 is 31.9 Å². The van der Waals surface area contributed by atoms with Crippen LogP contribution in [0.4, 0.5) is 5.82 Å². The molecule has 20 heavy (non-hydrogen) atoms. The Labute approximate surface area is 135 Å². The Morgan fingerprint density at radius 1 is 1.05 bits per heavy atom. The molecule has 0 fully saturated rings. The molecule has 3 N–H and O–H groups in total. The third-order valence-electron chi connectivity index (χ3n) is 2.66. The van der Waals surface area contributed by atoms with Crippen LogP contribution in [0.1, 0.15) is 22.5 Å². The van der Waals surface area contributed by atoms with Gasteiger partial charge in [-0.3, -0.25) is 4.79 Å². The average molecular weight is 403 g/mol. The highest BCUT2D eigenvalue weighted by Crippen LogP contribution is 2.20. The van der Waals surface area contributed by atoms with Crippen LogP contribution in [0.2, 0.25) is 0 Å². The Morgan fingerprint density at radius 2 is 1.60 bits per heavy atom. The van der Waals surface area contributed by atoms with Crippen molar-refractivity contribution in [3.63, 3.8) is 0 Å². The fourth-order valence-corrected chi connectivity index (χ4v) is 2.09. The van der Waals surface area contributed by atoms with Gasteiger partial charge in [0, 0.05) is 20.7 Å². The van der Waals surface area contributed by atoms with Gasteiger partial charge in [0.15, 0.2) is 0 Å². The highest BCUT2D eigenvalue weighted by molar-refractivity contribution is 9.10. The van der Waals surface area contributed by atoms with Crippen LogP contribution in [-0.2, 0) is 0 Å². The van der Waals surface area contributed by atoms with E-state index in [1.165, 1.54) is 0 Å². The first-order chi connectivity index (χ1) is 9.22. The first-order valence-electron chi connectivity index (χ1n) is 5.97. The maximum atomic E-state index is 10.8. The van der Waals surface area contributed by atoms with Gasteiger partial charge in [0.25, 0.3) is 0 Å². The van der Waals surface area contributed by atoms with Crippen molar-refractivity contribution < 1.29 is 0 Å². The van der Waals surface area contributed by atoms with Crippen LogP contribution < -0.4 is 11.3 Å². The van der Waals surface area contributed by atoms with E-state index in [2.05, 4.69) is 41.8 Å². The number of aryl methyl sites for hydroxylation is 4. The number of nitrogens with two attached hydrogens (primary N) is 1. The maximum Gasteiger partial charge on any atom is 0.248 e. The number of H-pyrrole nitrogens is 1. The first-order valence-corrected chi connectivity index (χ1v) is 7.56. The molecule has 0 spiro atoms. The van der Waals surface area contributed by atoms with E-state index in [0.717, 1.165) is 31.5 Å². The minimum atomic E-state index is -0.0433. The summed E-state index contributed by atoms with van der Waals surface area (Å²) in [6, 6.07) is 3.41. The number of anilines is 1. The molecule has 2 aromatic rings. The van der Waals surface area contributed by atoms with E-state index < -0.39 is 0 Å².